The number of hydrogen-bond donors (Lipinski definition) is 1. The van der Waals surface area contributed by atoms with Gasteiger partial charge in [0.25, 0.3) is 0 Å². The van der Waals surface area contributed by atoms with Crippen molar-refractivity contribution in [1.29, 1.82) is 5.26 Å². The number of anilines is 1. The zero-order chi connectivity index (χ0) is 13.3. The van der Waals surface area contributed by atoms with Gasteiger partial charge in [0.1, 0.15) is 17.7 Å². The van der Waals surface area contributed by atoms with Crippen LogP contribution >= 0.6 is 0 Å². The number of methoxy groups -OCH3 is 1. The largest absolute Gasteiger partial charge is 0.494 e. The number of hydrogen-bond acceptors (Lipinski definition) is 4. The van der Waals surface area contributed by atoms with Crippen molar-refractivity contribution in [3.05, 3.63) is 29.7 Å². The lowest BCUT2D eigenvalue weighted by atomic mass is 10.2. The van der Waals surface area contributed by atoms with Crippen LogP contribution in [-0.4, -0.2) is 16.7 Å². The fraction of sp³-hybridized carbons (Fsp3) is 0.167. The van der Waals surface area contributed by atoms with Gasteiger partial charge in [-0.3, -0.25) is 0 Å². The third-order valence-electron chi connectivity index (χ3n) is 2.66. The highest BCUT2D eigenvalue weighted by molar-refractivity contribution is 5.63. The van der Waals surface area contributed by atoms with E-state index in [-0.39, 0.29) is 17.3 Å². The minimum atomic E-state index is -0.491. The van der Waals surface area contributed by atoms with Crippen molar-refractivity contribution in [2.24, 2.45) is 7.05 Å². The standard InChI is InChI=1S/C12H11FN4O/c1-17-11(15)9(6-14)16-12(17)7-3-4-10(18-2)8(13)5-7/h3-5H,15H2,1-2H3. The molecule has 2 rings (SSSR count). The molecule has 0 amide bonds. The molecule has 92 valence electrons. The van der Waals surface area contributed by atoms with E-state index in [9.17, 15) is 4.39 Å². The van der Waals surface area contributed by atoms with Gasteiger partial charge in [0.15, 0.2) is 17.3 Å². The summed E-state index contributed by atoms with van der Waals surface area (Å²) >= 11 is 0. The molecular formula is C12H11FN4O. The summed E-state index contributed by atoms with van der Waals surface area (Å²) in [5, 5.41) is 8.84. The first-order chi connectivity index (χ1) is 8.58. The molecule has 2 aromatic rings. The van der Waals surface area contributed by atoms with Crippen molar-refractivity contribution in [1.82, 2.24) is 9.55 Å². The van der Waals surface area contributed by atoms with Crippen LogP contribution in [0.3, 0.4) is 0 Å². The lowest BCUT2D eigenvalue weighted by Gasteiger charge is -2.05. The minimum Gasteiger partial charge on any atom is -0.494 e. The van der Waals surface area contributed by atoms with Crippen LogP contribution in [-0.2, 0) is 7.05 Å². The van der Waals surface area contributed by atoms with Crippen molar-refractivity contribution in [2.75, 3.05) is 12.8 Å². The van der Waals surface area contributed by atoms with Crippen molar-refractivity contribution in [3.8, 4) is 23.2 Å². The molecule has 0 bridgehead atoms. The third kappa shape index (κ3) is 1.76. The second-order valence-corrected chi connectivity index (χ2v) is 3.69. The molecule has 0 fully saturated rings. The molecule has 0 unspecified atom stereocenters. The maximum Gasteiger partial charge on any atom is 0.183 e. The maximum atomic E-state index is 13.6. The van der Waals surface area contributed by atoms with E-state index in [1.165, 1.54) is 19.2 Å². The van der Waals surface area contributed by atoms with Crippen molar-refractivity contribution < 1.29 is 9.13 Å². The Morgan fingerprint density at radius 1 is 1.50 bits per heavy atom. The number of imidazole rings is 1. The Labute approximate surface area is 103 Å². The summed E-state index contributed by atoms with van der Waals surface area (Å²) in [7, 11) is 3.06. The molecular weight excluding hydrogens is 235 g/mol. The average molecular weight is 246 g/mol. The van der Waals surface area contributed by atoms with Gasteiger partial charge in [0.05, 0.1) is 7.11 Å². The number of nitrogens with two attached hydrogens (primary N) is 1. The first kappa shape index (κ1) is 11.9. The van der Waals surface area contributed by atoms with Crippen molar-refractivity contribution in [2.45, 2.75) is 0 Å². The molecule has 6 heteroatoms. The number of halogens is 1. The Bertz CT molecular complexity index is 642. The number of nitrogens with zero attached hydrogens (tertiary/aromatic N) is 3. The summed E-state index contributed by atoms with van der Waals surface area (Å²) in [4.78, 5) is 4.06. The molecule has 18 heavy (non-hydrogen) atoms. The third-order valence-corrected chi connectivity index (χ3v) is 2.66. The molecule has 0 saturated heterocycles. The van der Waals surface area contributed by atoms with Gasteiger partial charge in [-0.05, 0) is 18.2 Å². The number of benzene rings is 1. The summed E-state index contributed by atoms with van der Waals surface area (Å²) in [5.74, 6) is 0.353. The van der Waals surface area contributed by atoms with Crippen LogP contribution in [0.4, 0.5) is 10.2 Å². The lowest BCUT2D eigenvalue weighted by molar-refractivity contribution is 0.386. The monoisotopic (exact) mass is 246 g/mol. The molecule has 0 spiro atoms. The molecule has 2 N–H and O–H groups in total. The average Bonchev–Trinajstić information content (AvgIpc) is 2.66. The van der Waals surface area contributed by atoms with E-state index in [1.54, 1.807) is 17.7 Å². The second kappa shape index (κ2) is 4.37. The highest BCUT2D eigenvalue weighted by atomic mass is 19.1. The topological polar surface area (TPSA) is 76.9 Å². The van der Waals surface area contributed by atoms with Gasteiger partial charge in [-0.15, -0.1) is 0 Å². The fourth-order valence-electron chi connectivity index (χ4n) is 1.66. The SMILES string of the molecule is COc1ccc(-c2nc(C#N)c(N)n2C)cc1F. The molecule has 0 aliphatic heterocycles. The molecule has 0 saturated carbocycles. The van der Waals surface area contributed by atoms with Crippen LogP contribution in [0, 0.1) is 17.1 Å². The van der Waals surface area contributed by atoms with Crippen molar-refractivity contribution in [3.63, 3.8) is 0 Å². The molecule has 1 heterocycles. The number of aromatic nitrogens is 2. The van der Waals surface area contributed by atoms with E-state index in [0.29, 0.717) is 11.4 Å². The molecule has 1 aromatic heterocycles. The normalized spacial score (nSPS) is 10.1. The summed E-state index contributed by atoms with van der Waals surface area (Å²) in [6.07, 6.45) is 0. The van der Waals surface area contributed by atoms with E-state index in [2.05, 4.69) is 4.98 Å². The van der Waals surface area contributed by atoms with Crippen LogP contribution in [0.1, 0.15) is 5.69 Å². The van der Waals surface area contributed by atoms with E-state index in [0.717, 1.165) is 0 Å². The zero-order valence-corrected chi connectivity index (χ0v) is 9.94. The molecule has 0 aliphatic rings. The first-order valence-corrected chi connectivity index (χ1v) is 5.14. The van der Waals surface area contributed by atoms with Crippen LogP contribution in [0.15, 0.2) is 18.2 Å². The van der Waals surface area contributed by atoms with Crippen LogP contribution < -0.4 is 10.5 Å². The predicted molar refractivity (Wildman–Crippen MR) is 64.3 cm³/mol. The molecule has 0 radical (unpaired) electrons. The highest BCUT2D eigenvalue weighted by Gasteiger charge is 2.14. The van der Waals surface area contributed by atoms with Gasteiger partial charge in [0.2, 0.25) is 0 Å². The van der Waals surface area contributed by atoms with Gasteiger partial charge < -0.3 is 15.0 Å². The maximum absolute atomic E-state index is 13.6. The van der Waals surface area contributed by atoms with E-state index < -0.39 is 5.82 Å². The summed E-state index contributed by atoms with van der Waals surface area (Å²) in [6, 6.07) is 6.34. The molecule has 1 aromatic carbocycles. The van der Waals surface area contributed by atoms with Crippen LogP contribution in [0.5, 0.6) is 5.75 Å². The minimum absolute atomic E-state index is 0.128. The Kier molecular flexibility index (Phi) is 2.90. The Morgan fingerprint density at radius 2 is 2.22 bits per heavy atom. The quantitative estimate of drug-likeness (QED) is 0.874. The number of ether oxygens (including phenoxy) is 1. The van der Waals surface area contributed by atoms with E-state index in [1.807, 2.05) is 6.07 Å². The van der Waals surface area contributed by atoms with Gasteiger partial charge in [0, 0.05) is 12.6 Å². The van der Waals surface area contributed by atoms with Crippen LogP contribution in [0.2, 0.25) is 0 Å². The van der Waals surface area contributed by atoms with E-state index in [4.69, 9.17) is 15.7 Å². The first-order valence-electron chi connectivity index (χ1n) is 5.14. The zero-order valence-electron chi connectivity index (χ0n) is 9.94. The van der Waals surface area contributed by atoms with Gasteiger partial charge >= 0.3 is 0 Å². The fourth-order valence-corrected chi connectivity index (χ4v) is 1.66. The summed E-state index contributed by atoms with van der Waals surface area (Å²) < 4.78 is 20.0. The van der Waals surface area contributed by atoms with Crippen LogP contribution in [0.25, 0.3) is 11.4 Å². The van der Waals surface area contributed by atoms with Crippen molar-refractivity contribution >= 4 is 5.82 Å². The number of nitrogen functional groups attached to an aromatic ring is 1. The highest BCUT2D eigenvalue weighted by Crippen LogP contribution is 2.26. The number of rotatable bonds is 2. The molecule has 5 nitrogen and oxygen atoms in total. The van der Waals surface area contributed by atoms with E-state index >= 15 is 0 Å². The Balaban J connectivity index is 2.56. The molecule has 0 aliphatic carbocycles. The second-order valence-electron chi connectivity index (χ2n) is 3.69. The predicted octanol–water partition coefficient (Wildman–Crippen LogP) is 1.69. The lowest BCUT2D eigenvalue weighted by Crippen LogP contribution is -1.99. The smallest absolute Gasteiger partial charge is 0.183 e. The van der Waals surface area contributed by atoms with Gasteiger partial charge in [-0.25, -0.2) is 9.37 Å². The Hall–Kier alpha value is -2.55. The molecule has 0 atom stereocenters. The summed E-state index contributed by atoms with van der Waals surface area (Å²) in [5.41, 5.74) is 6.36. The number of nitriles is 1. The Morgan fingerprint density at radius 3 is 2.72 bits per heavy atom. The van der Waals surface area contributed by atoms with Gasteiger partial charge in [-0.1, -0.05) is 0 Å². The van der Waals surface area contributed by atoms with Gasteiger partial charge in [-0.2, -0.15) is 5.26 Å². The summed E-state index contributed by atoms with van der Waals surface area (Å²) in [6.45, 7) is 0.